The van der Waals surface area contributed by atoms with E-state index in [2.05, 4.69) is 56.1 Å². The third-order valence-corrected chi connectivity index (χ3v) is 4.29. The van der Waals surface area contributed by atoms with Gasteiger partial charge in [-0.05, 0) is 64.7 Å². The molecule has 2 atom stereocenters. The predicted octanol–water partition coefficient (Wildman–Crippen LogP) is 3.69. The van der Waals surface area contributed by atoms with Crippen LogP contribution in [0.2, 0.25) is 0 Å². The third kappa shape index (κ3) is 4.60. The molecule has 0 bridgehead atoms. The van der Waals surface area contributed by atoms with E-state index in [0.29, 0.717) is 6.04 Å². The Bertz CT molecular complexity index is 401. The smallest absolute Gasteiger partial charge is 0.0292 e. The van der Waals surface area contributed by atoms with Crippen LogP contribution in [0.15, 0.2) is 18.2 Å². The standard InChI is InChI=1S/C18H30N2/c1-14-9-15(2)11-18(10-14)17(4)19-12-16(3)13-20-7-5-6-8-20/h9-11,16-17,19H,5-8,12-13H2,1-4H3. The van der Waals surface area contributed by atoms with E-state index in [1.807, 2.05) is 0 Å². The first-order valence-corrected chi connectivity index (χ1v) is 8.08. The summed E-state index contributed by atoms with van der Waals surface area (Å²) in [5.41, 5.74) is 4.13. The van der Waals surface area contributed by atoms with Gasteiger partial charge in [-0.3, -0.25) is 0 Å². The Morgan fingerprint density at radius 1 is 1.05 bits per heavy atom. The molecule has 2 rings (SSSR count). The van der Waals surface area contributed by atoms with Gasteiger partial charge >= 0.3 is 0 Å². The lowest BCUT2D eigenvalue weighted by Crippen LogP contribution is -2.32. The zero-order valence-electron chi connectivity index (χ0n) is 13.6. The highest BCUT2D eigenvalue weighted by Gasteiger charge is 2.15. The van der Waals surface area contributed by atoms with Gasteiger partial charge in [0.2, 0.25) is 0 Å². The highest BCUT2D eigenvalue weighted by Crippen LogP contribution is 2.17. The van der Waals surface area contributed by atoms with Gasteiger partial charge in [0.15, 0.2) is 0 Å². The quantitative estimate of drug-likeness (QED) is 0.851. The molecule has 112 valence electrons. The molecule has 1 aromatic rings. The molecular formula is C18H30N2. The molecule has 0 spiro atoms. The van der Waals surface area contributed by atoms with Crippen LogP contribution in [-0.2, 0) is 0 Å². The maximum absolute atomic E-state index is 3.70. The first-order chi connectivity index (χ1) is 9.54. The van der Waals surface area contributed by atoms with Crippen molar-refractivity contribution >= 4 is 0 Å². The molecule has 2 unspecified atom stereocenters. The normalized spacial score (nSPS) is 19.2. The first kappa shape index (κ1) is 15.5. The summed E-state index contributed by atoms with van der Waals surface area (Å²) in [6.07, 6.45) is 2.78. The average molecular weight is 274 g/mol. The average Bonchev–Trinajstić information content (AvgIpc) is 2.87. The Kier molecular flexibility index (Phi) is 5.62. The lowest BCUT2D eigenvalue weighted by atomic mass is 10.0. The van der Waals surface area contributed by atoms with Crippen molar-refractivity contribution in [2.24, 2.45) is 5.92 Å². The molecule has 0 amide bonds. The summed E-state index contributed by atoms with van der Waals surface area (Å²) >= 11 is 0. The number of hydrogen-bond donors (Lipinski definition) is 1. The fourth-order valence-corrected chi connectivity index (χ4v) is 3.23. The summed E-state index contributed by atoms with van der Waals surface area (Å²) in [4.78, 5) is 2.60. The van der Waals surface area contributed by atoms with Crippen molar-refractivity contribution in [2.75, 3.05) is 26.2 Å². The summed E-state index contributed by atoms with van der Waals surface area (Å²) in [6, 6.07) is 7.28. The van der Waals surface area contributed by atoms with Gasteiger partial charge in [-0.2, -0.15) is 0 Å². The van der Waals surface area contributed by atoms with Crippen LogP contribution in [0.25, 0.3) is 0 Å². The van der Waals surface area contributed by atoms with Crippen molar-refractivity contribution in [3.8, 4) is 0 Å². The Hall–Kier alpha value is -0.860. The molecule has 1 N–H and O–H groups in total. The molecule has 1 heterocycles. The van der Waals surface area contributed by atoms with Crippen molar-refractivity contribution < 1.29 is 0 Å². The van der Waals surface area contributed by atoms with Gasteiger partial charge in [0.25, 0.3) is 0 Å². The Balaban J connectivity index is 1.80. The minimum atomic E-state index is 0.439. The number of rotatable bonds is 6. The third-order valence-electron chi connectivity index (χ3n) is 4.29. The van der Waals surface area contributed by atoms with Gasteiger partial charge < -0.3 is 10.2 Å². The van der Waals surface area contributed by atoms with Gasteiger partial charge in [-0.25, -0.2) is 0 Å². The fourth-order valence-electron chi connectivity index (χ4n) is 3.23. The van der Waals surface area contributed by atoms with Crippen LogP contribution in [0.3, 0.4) is 0 Å². The van der Waals surface area contributed by atoms with Crippen LogP contribution in [0, 0.1) is 19.8 Å². The summed E-state index contributed by atoms with van der Waals surface area (Å²) in [6.45, 7) is 13.9. The number of aryl methyl sites for hydroxylation is 2. The summed E-state index contributed by atoms with van der Waals surface area (Å²) in [5, 5.41) is 3.70. The van der Waals surface area contributed by atoms with Crippen molar-refractivity contribution in [3.05, 3.63) is 34.9 Å². The molecule has 1 aliphatic rings. The van der Waals surface area contributed by atoms with Crippen LogP contribution in [-0.4, -0.2) is 31.1 Å². The highest BCUT2D eigenvalue weighted by atomic mass is 15.1. The molecule has 0 aliphatic carbocycles. The van der Waals surface area contributed by atoms with Gasteiger partial charge in [-0.15, -0.1) is 0 Å². The predicted molar refractivity (Wildman–Crippen MR) is 87.2 cm³/mol. The van der Waals surface area contributed by atoms with Crippen LogP contribution in [0.1, 0.15) is 49.4 Å². The van der Waals surface area contributed by atoms with E-state index in [1.54, 1.807) is 0 Å². The summed E-state index contributed by atoms with van der Waals surface area (Å²) in [7, 11) is 0. The van der Waals surface area contributed by atoms with Gasteiger partial charge in [0.1, 0.15) is 0 Å². The number of likely N-dealkylation sites (tertiary alicyclic amines) is 1. The zero-order chi connectivity index (χ0) is 14.5. The second kappa shape index (κ2) is 7.24. The lowest BCUT2D eigenvalue weighted by molar-refractivity contribution is 0.279. The molecule has 0 saturated carbocycles. The molecule has 1 aromatic carbocycles. The number of nitrogens with one attached hydrogen (secondary N) is 1. The number of benzene rings is 1. The SMILES string of the molecule is Cc1cc(C)cc(C(C)NCC(C)CN2CCCC2)c1. The van der Waals surface area contributed by atoms with Gasteiger partial charge in [0, 0.05) is 12.6 Å². The maximum Gasteiger partial charge on any atom is 0.0292 e. The first-order valence-electron chi connectivity index (χ1n) is 8.08. The number of nitrogens with zero attached hydrogens (tertiary/aromatic N) is 1. The highest BCUT2D eigenvalue weighted by molar-refractivity contribution is 5.30. The van der Waals surface area contributed by atoms with Crippen molar-refractivity contribution in [3.63, 3.8) is 0 Å². The molecular weight excluding hydrogens is 244 g/mol. The monoisotopic (exact) mass is 274 g/mol. The lowest BCUT2D eigenvalue weighted by Gasteiger charge is -2.23. The molecule has 2 heteroatoms. The minimum Gasteiger partial charge on any atom is -0.310 e. The second-order valence-electron chi connectivity index (χ2n) is 6.66. The summed E-state index contributed by atoms with van der Waals surface area (Å²) in [5.74, 6) is 0.724. The van der Waals surface area contributed by atoms with Crippen molar-refractivity contribution in [2.45, 2.75) is 46.6 Å². The molecule has 2 nitrogen and oxygen atoms in total. The Morgan fingerprint density at radius 2 is 1.65 bits per heavy atom. The van der Waals surface area contributed by atoms with Crippen molar-refractivity contribution in [1.82, 2.24) is 10.2 Å². The molecule has 0 radical (unpaired) electrons. The molecule has 1 fully saturated rings. The van der Waals surface area contributed by atoms with E-state index >= 15 is 0 Å². The molecule has 1 aliphatic heterocycles. The van der Waals surface area contributed by atoms with E-state index in [1.165, 1.54) is 49.2 Å². The Labute approximate surface area is 124 Å². The van der Waals surface area contributed by atoms with Crippen molar-refractivity contribution in [1.29, 1.82) is 0 Å². The van der Waals surface area contributed by atoms with Gasteiger partial charge in [-0.1, -0.05) is 36.2 Å². The fraction of sp³-hybridized carbons (Fsp3) is 0.667. The second-order valence-corrected chi connectivity index (χ2v) is 6.66. The van der Waals surface area contributed by atoms with E-state index in [4.69, 9.17) is 0 Å². The summed E-state index contributed by atoms with van der Waals surface area (Å²) < 4.78 is 0. The Morgan fingerprint density at radius 3 is 2.25 bits per heavy atom. The van der Waals surface area contributed by atoms with E-state index in [0.717, 1.165) is 12.5 Å². The molecule has 1 saturated heterocycles. The zero-order valence-corrected chi connectivity index (χ0v) is 13.6. The maximum atomic E-state index is 3.70. The largest absolute Gasteiger partial charge is 0.310 e. The van der Waals surface area contributed by atoms with Crippen LogP contribution in [0.4, 0.5) is 0 Å². The van der Waals surface area contributed by atoms with Crippen LogP contribution >= 0.6 is 0 Å². The van der Waals surface area contributed by atoms with Gasteiger partial charge in [0.05, 0.1) is 0 Å². The topological polar surface area (TPSA) is 15.3 Å². The van der Waals surface area contributed by atoms with E-state index in [-0.39, 0.29) is 0 Å². The van der Waals surface area contributed by atoms with E-state index < -0.39 is 0 Å². The molecule has 20 heavy (non-hydrogen) atoms. The number of hydrogen-bond acceptors (Lipinski definition) is 2. The van der Waals surface area contributed by atoms with Crippen LogP contribution < -0.4 is 5.32 Å². The minimum absolute atomic E-state index is 0.439. The van der Waals surface area contributed by atoms with Crippen LogP contribution in [0.5, 0.6) is 0 Å². The molecule has 0 aromatic heterocycles. The van der Waals surface area contributed by atoms with E-state index in [9.17, 15) is 0 Å².